The van der Waals surface area contributed by atoms with Gasteiger partial charge in [0.2, 0.25) is 5.78 Å². The van der Waals surface area contributed by atoms with Gasteiger partial charge in [0.15, 0.2) is 12.4 Å². The number of hydrogen-bond donors (Lipinski definition) is 3. The van der Waals surface area contributed by atoms with Gasteiger partial charge in [0.25, 0.3) is 0 Å². The molecule has 0 spiro atoms. The second kappa shape index (κ2) is 9.77. The van der Waals surface area contributed by atoms with Gasteiger partial charge in [-0.25, -0.2) is 4.79 Å². The van der Waals surface area contributed by atoms with Gasteiger partial charge in [-0.1, -0.05) is 37.6 Å². The van der Waals surface area contributed by atoms with E-state index in [4.69, 9.17) is 4.74 Å². The molecular formula is C32H37N3O6. The van der Waals surface area contributed by atoms with Crippen LogP contribution >= 0.6 is 0 Å². The number of amides is 1. The molecule has 1 heterocycles. The van der Waals surface area contributed by atoms with Crippen LogP contribution in [0.1, 0.15) is 46.0 Å². The molecule has 0 radical (unpaired) electrons. The van der Waals surface area contributed by atoms with Crippen molar-refractivity contribution in [1.29, 1.82) is 0 Å². The molecular weight excluding hydrogens is 522 g/mol. The van der Waals surface area contributed by atoms with Gasteiger partial charge < -0.3 is 14.9 Å². The van der Waals surface area contributed by atoms with Crippen LogP contribution in [-0.2, 0) is 21.4 Å². The summed E-state index contributed by atoms with van der Waals surface area (Å²) < 4.78 is 6.98. The van der Waals surface area contributed by atoms with Crippen LogP contribution in [0.25, 0.3) is 11.3 Å². The Kier molecular flexibility index (Phi) is 6.58. The highest BCUT2D eigenvalue weighted by atomic mass is 16.6. The number of nitrogens with zero attached hydrogens (tertiary/aromatic N) is 2. The molecule has 9 nitrogen and oxygen atoms in total. The van der Waals surface area contributed by atoms with Crippen molar-refractivity contribution in [3.05, 3.63) is 60.3 Å². The molecule has 6 rings (SSSR count). The first-order valence-electron chi connectivity index (χ1n) is 14.4. The fourth-order valence-electron chi connectivity index (χ4n) is 8.49. The topological polar surface area (TPSA) is 131 Å². The number of aliphatic hydroxyl groups excluding tert-OH is 1. The van der Waals surface area contributed by atoms with Gasteiger partial charge in [-0.15, -0.1) is 0 Å². The van der Waals surface area contributed by atoms with Gasteiger partial charge in [0, 0.05) is 41.2 Å². The molecule has 3 saturated carbocycles. The number of aliphatic hydroxyl groups is 2. The average molecular weight is 560 g/mol. The largest absolute Gasteiger partial charge is 0.441 e. The van der Waals surface area contributed by atoms with E-state index in [2.05, 4.69) is 17.3 Å². The third-order valence-electron chi connectivity index (χ3n) is 10.6. The Bertz CT molecular complexity index is 1460. The molecule has 1 aromatic carbocycles. The number of ketones is 2. The van der Waals surface area contributed by atoms with Crippen LogP contribution in [0, 0.1) is 28.6 Å². The third-order valence-corrected chi connectivity index (χ3v) is 10.6. The van der Waals surface area contributed by atoms with Crippen LogP contribution in [0.2, 0.25) is 0 Å². The number of aryl methyl sites for hydroxylation is 1. The number of carbonyl (C=O) groups excluding carboxylic acids is 3. The Labute approximate surface area is 239 Å². The lowest BCUT2D eigenvalue weighted by atomic mass is 9.46. The number of hydrogen-bond acceptors (Lipinski definition) is 7. The molecule has 216 valence electrons. The van der Waals surface area contributed by atoms with Crippen molar-refractivity contribution in [3.63, 3.8) is 0 Å². The molecule has 0 aliphatic heterocycles. The number of rotatable bonds is 5. The Morgan fingerprint density at radius 3 is 2.63 bits per heavy atom. The molecule has 41 heavy (non-hydrogen) atoms. The predicted molar refractivity (Wildman–Crippen MR) is 152 cm³/mol. The second-order valence-electron chi connectivity index (χ2n) is 12.7. The smallest absolute Gasteiger partial charge is 0.412 e. The summed E-state index contributed by atoms with van der Waals surface area (Å²) in [6.07, 6.45) is 8.30. The zero-order valence-corrected chi connectivity index (χ0v) is 23.7. The first-order chi connectivity index (χ1) is 19.4. The summed E-state index contributed by atoms with van der Waals surface area (Å²) in [4.78, 5) is 38.0. The maximum Gasteiger partial charge on any atom is 0.412 e. The third kappa shape index (κ3) is 4.37. The van der Waals surface area contributed by atoms with Crippen molar-refractivity contribution in [1.82, 2.24) is 9.78 Å². The Morgan fingerprint density at radius 1 is 1.17 bits per heavy atom. The number of carbonyl (C=O) groups is 3. The summed E-state index contributed by atoms with van der Waals surface area (Å²) >= 11 is 0. The SMILES string of the molecule is Cn1ccc(-c2ccc(NC(=O)OCC(=O)[C@@]3(O)CCC4C5CCC6=CC(=O)C=CC6(C)C5[C@@H](O)CC43C)cc2)n1. The monoisotopic (exact) mass is 559 g/mol. The molecule has 2 aromatic rings. The zero-order chi connectivity index (χ0) is 29.2. The van der Waals surface area contributed by atoms with Crippen LogP contribution in [0.5, 0.6) is 0 Å². The molecule has 4 aliphatic rings. The summed E-state index contributed by atoms with van der Waals surface area (Å²) in [6, 6.07) is 9.01. The van der Waals surface area contributed by atoms with E-state index in [-0.39, 0.29) is 36.4 Å². The predicted octanol–water partition coefficient (Wildman–Crippen LogP) is 4.21. The van der Waals surface area contributed by atoms with E-state index in [0.29, 0.717) is 12.1 Å². The minimum Gasteiger partial charge on any atom is -0.441 e. The van der Waals surface area contributed by atoms with Crippen molar-refractivity contribution < 1.29 is 29.3 Å². The number of Topliss-reactive ketones (excluding diaryl/α,β-unsaturated/α-hetero) is 1. The van der Waals surface area contributed by atoms with E-state index in [0.717, 1.165) is 29.7 Å². The second-order valence-corrected chi connectivity index (χ2v) is 12.7. The van der Waals surface area contributed by atoms with Crippen molar-refractivity contribution >= 4 is 23.3 Å². The van der Waals surface area contributed by atoms with Crippen LogP contribution in [0.3, 0.4) is 0 Å². The number of allylic oxidation sites excluding steroid dienone is 4. The van der Waals surface area contributed by atoms with Crippen LogP contribution in [0.4, 0.5) is 10.5 Å². The molecule has 0 bridgehead atoms. The molecule has 3 N–H and O–H groups in total. The lowest BCUT2D eigenvalue weighted by Crippen LogP contribution is -2.61. The number of fused-ring (bicyclic) bond motifs is 5. The molecule has 4 aliphatic carbocycles. The normalized spacial score (nSPS) is 35.6. The fourth-order valence-corrected chi connectivity index (χ4v) is 8.49. The summed E-state index contributed by atoms with van der Waals surface area (Å²) in [5, 5.41) is 30.3. The number of anilines is 1. The molecule has 0 saturated heterocycles. The van der Waals surface area contributed by atoms with Crippen LogP contribution in [0.15, 0.2) is 60.3 Å². The van der Waals surface area contributed by atoms with Gasteiger partial charge in [0.05, 0.1) is 11.8 Å². The van der Waals surface area contributed by atoms with E-state index >= 15 is 0 Å². The summed E-state index contributed by atoms with van der Waals surface area (Å²) in [7, 11) is 1.84. The number of benzene rings is 1. The molecule has 1 amide bonds. The maximum atomic E-state index is 13.5. The standard InChI is InChI=1S/C32H37N3O6/c1-30-13-10-22(36)16-20(30)6-9-23-24-11-14-32(40,31(24,2)17-26(37)28(23)30)27(38)18-41-29(39)33-21-7-4-19(5-8-21)25-12-15-35(3)34-25/h4-5,7-8,10,12-13,15-16,23-24,26,28,37,40H,6,9,11,14,17-18H2,1-3H3,(H,33,39)/t23?,24?,26-,28?,30?,31?,32-/m0/s1. The quantitative estimate of drug-likeness (QED) is 0.500. The number of aromatic nitrogens is 2. The van der Waals surface area contributed by atoms with Gasteiger partial charge in [-0.3, -0.25) is 19.6 Å². The van der Waals surface area contributed by atoms with Gasteiger partial charge in [-0.2, -0.15) is 5.10 Å². The molecule has 7 atom stereocenters. The number of ether oxygens (including phenoxy) is 1. The molecule has 1 aromatic heterocycles. The maximum absolute atomic E-state index is 13.5. The van der Waals surface area contributed by atoms with Crippen LogP contribution < -0.4 is 5.32 Å². The first-order valence-corrected chi connectivity index (χ1v) is 14.4. The summed E-state index contributed by atoms with van der Waals surface area (Å²) in [5.74, 6) is -0.519. The van der Waals surface area contributed by atoms with Crippen molar-refractivity contribution in [2.45, 2.75) is 57.7 Å². The lowest BCUT2D eigenvalue weighted by Gasteiger charge is -2.59. The molecule has 9 heteroatoms. The summed E-state index contributed by atoms with van der Waals surface area (Å²) in [5.41, 5.74) is 0.306. The van der Waals surface area contributed by atoms with Gasteiger partial charge >= 0.3 is 6.09 Å². The van der Waals surface area contributed by atoms with E-state index in [1.807, 2.05) is 44.4 Å². The zero-order valence-electron chi connectivity index (χ0n) is 23.7. The average Bonchev–Trinajstić information content (AvgIpc) is 3.48. The molecule has 5 unspecified atom stereocenters. The van der Waals surface area contributed by atoms with Crippen molar-refractivity contribution in [2.75, 3.05) is 11.9 Å². The number of nitrogens with one attached hydrogen (secondary N) is 1. The highest BCUT2D eigenvalue weighted by Crippen LogP contribution is 2.67. The lowest BCUT2D eigenvalue weighted by molar-refractivity contribution is -0.178. The van der Waals surface area contributed by atoms with E-state index in [9.17, 15) is 24.6 Å². The summed E-state index contributed by atoms with van der Waals surface area (Å²) in [6.45, 7) is 3.44. The van der Waals surface area contributed by atoms with E-state index in [1.54, 1.807) is 29.0 Å². The highest BCUT2D eigenvalue weighted by Gasteiger charge is 2.68. The van der Waals surface area contributed by atoms with Crippen molar-refractivity contribution in [2.24, 2.45) is 35.6 Å². The van der Waals surface area contributed by atoms with Crippen molar-refractivity contribution in [3.8, 4) is 11.3 Å². The fraction of sp³-hybridized carbons (Fsp3) is 0.500. The van der Waals surface area contributed by atoms with Gasteiger partial charge in [-0.05, 0) is 74.3 Å². The molecule has 3 fully saturated rings. The first kappa shape index (κ1) is 27.6. The van der Waals surface area contributed by atoms with Gasteiger partial charge in [0.1, 0.15) is 5.60 Å². The Balaban J connectivity index is 1.12. The van der Waals surface area contributed by atoms with E-state index < -0.39 is 41.0 Å². The minimum absolute atomic E-state index is 0.0163. The van der Waals surface area contributed by atoms with E-state index in [1.165, 1.54) is 0 Å². The Hall–Kier alpha value is -3.56. The minimum atomic E-state index is -1.70. The highest BCUT2D eigenvalue weighted by molar-refractivity contribution is 6.01. The Morgan fingerprint density at radius 2 is 1.93 bits per heavy atom. The van der Waals surface area contributed by atoms with Crippen LogP contribution in [-0.4, -0.2) is 56.0 Å².